The molecule has 1 aromatic heterocycles. The van der Waals surface area contributed by atoms with Gasteiger partial charge < -0.3 is 39.6 Å². The lowest BCUT2D eigenvalue weighted by atomic mass is 10.1. The smallest absolute Gasteiger partial charge is 0.308 e. The van der Waals surface area contributed by atoms with Gasteiger partial charge in [0.2, 0.25) is 0 Å². The first-order chi connectivity index (χ1) is 21.0. The monoisotopic (exact) mass is 612 g/mol. The first-order valence-electron chi connectivity index (χ1n) is 15.0. The van der Waals surface area contributed by atoms with Crippen molar-refractivity contribution in [1.82, 2.24) is 14.9 Å². The third kappa shape index (κ3) is 11.3. The summed E-state index contributed by atoms with van der Waals surface area (Å²) in [5.74, 6) is 0.981. The number of unbranched alkanes of at least 4 members (excludes halogenated alkanes) is 3. The third-order valence-corrected chi connectivity index (χ3v) is 7.99. The maximum Gasteiger partial charge on any atom is 0.308 e. The van der Waals surface area contributed by atoms with Crippen molar-refractivity contribution in [1.29, 1.82) is 0 Å². The van der Waals surface area contributed by atoms with E-state index < -0.39 is 12.1 Å². The molecule has 0 spiro atoms. The summed E-state index contributed by atoms with van der Waals surface area (Å²) in [6.45, 7) is 6.44. The number of thioether (sulfide) groups is 1. The molecule has 1 unspecified atom stereocenters. The highest BCUT2D eigenvalue weighted by molar-refractivity contribution is 7.99. The van der Waals surface area contributed by atoms with Gasteiger partial charge in [0.25, 0.3) is 0 Å². The molecule has 2 aromatic carbocycles. The molecule has 11 heteroatoms. The van der Waals surface area contributed by atoms with Gasteiger partial charge in [-0.2, -0.15) is 0 Å². The zero-order chi connectivity index (χ0) is 30.3. The van der Waals surface area contributed by atoms with Crippen molar-refractivity contribution in [3.05, 3.63) is 71.0 Å². The van der Waals surface area contributed by atoms with Gasteiger partial charge in [-0.3, -0.25) is 4.79 Å². The number of fused-ring (bicyclic) bond motifs is 1. The zero-order valence-electron chi connectivity index (χ0n) is 24.9. The van der Waals surface area contributed by atoms with Crippen molar-refractivity contribution in [2.75, 3.05) is 44.0 Å². The molecule has 4 rings (SSSR count). The van der Waals surface area contributed by atoms with E-state index in [4.69, 9.17) is 14.2 Å². The Morgan fingerprint density at radius 3 is 2.79 bits per heavy atom. The van der Waals surface area contributed by atoms with Gasteiger partial charge in [-0.1, -0.05) is 42.8 Å². The number of nitrogens with one attached hydrogen (secondary N) is 2. The topological polar surface area (TPSA) is 127 Å². The summed E-state index contributed by atoms with van der Waals surface area (Å²) in [6.07, 6.45) is 5.62. The van der Waals surface area contributed by atoms with Crippen molar-refractivity contribution in [2.45, 2.75) is 70.2 Å². The van der Waals surface area contributed by atoms with Gasteiger partial charge in [0, 0.05) is 49.8 Å². The van der Waals surface area contributed by atoms with Crippen LogP contribution in [0.15, 0.2) is 53.8 Å². The van der Waals surface area contributed by atoms with Crippen molar-refractivity contribution in [3.63, 3.8) is 0 Å². The van der Waals surface area contributed by atoms with Crippen LogP contribution in [0.1, 0.15) is 61.1 Å². The molecule has 1 aliphatic heterocycles. The average Bonchev–Trinajstić information content (AvgIpc) is 3.61. The summed E-state index contributed by atoms with van der Waals surface area (Å²) < 4.78 is 18.8. The number of aliphatic hydroxyl groups is 2. The number of nitrogens with zero attached hydrogens (tertiary/aromatic N) is 2. The Labute approximate surface area is 258 Å². The minimum atomic E-state index is -0.708. The van der Waals surface area contributed by atoms with E-state index in [0.29, 0.717) is 49.8 Å². The maximum atomic E-state index is 11.2. The molecule has 0 fully saturated rings. The lowest BCUT2D eigenvalue weighted by molar-refractivity contribution is -0.131. The number of benzene rings is 2. The summed E-state index contributed by atoms with van der Waals surface area (Å²) in [5, 5.41) is 27.8. The number of rotatable bonds is 20. The first kappa shape index (κ1) is 33.0. The number of ether oxygens (including phenoxy) is 3. The van der Waals surface area contributed by atoms with Gasteiger partial charge in [-0.15, -0.1) is 0 Å². The van der Waals surface area contributed by atoms with Crippen LogP contribution in [0, 0.1) is 0 Å². The second-order valence-corrected chi connectivity index (χ2v) is 11.6. The Balaban J connectivity index is 0.970. The highest BCUT2D eigenvalue weighted by Crippen LogP contribution is 2.25. The van der Waals surface area contributed by atoms with Crippen molar-refractivity contribution < 1.29 is 29.2 Å². The number of carbonyl (C=O) groups excluding carboxylic acids is 1. The molecule has 10 nitrogen and oxygen atoms in total. The van der Waals surface area contributed by atoms with E-state index in [1.54, 1.807) is 18.2 Å². The van der Waals surface area contributed by atoms with E-state index in [2.05, 4.69) is 44.6 Å². The fraction of sp³-hybridized carbons (Fsp3) is 0.500. The number of aliphatic hydroxyl groups excluding tert-OH is 2. The summed E-state index contributed by atoms with van der Waals surface area (Å²) in [5.41, 5.74) is 4.40. The Kier molecular flexibility index (Phi) is 13.8. The Bertz CT molecular complexity index is 1260. The molecule has 0 radical (unpaired) electrons. The molecule has 0 saturated heterocycles. The van der Waals surface area contributed by atoms with Gasteiger partial charge >= 0.3 is 5.97 Å². The van der Waals surface area contributed by atoms with Crippen LogP contribution in [0.5, 0.6) is 5.75 Å². The van der Waals surface area contributed by atoms with Crippen molar-refractivity contribution in [3.8, 4) is 5.75 Å². The lowest BCUT2D eigenvalue weighted by Crippen LogP contribution is -2.22. The standard InChI is InChI=1S/C32H44N4O6S/c1-24(38)42-31-10-9-26(18-27(31)22-37)30(39)20-33-11-4-2-3-5-13-40-14-15-41-23-25-7-6-8-28(17-25)34-19-29-21-36-12-16-43-32(36)35-29/h6-10,17-18,21,30,33-34,37,39H,2-5,11-16,19-20,22-23H2,1H3. The fourth-order valence-electron chi connectivity index (χ4n) is 4.77. The lowest BCUT2D eigenvalue weighted by Gasteiger charge is -2.15. The molecule has 4 N–H and O–H groups in total. The van der Waals surface area contributed by atoms with Gasteiger partial charge in [0.1, 0.15) is 5.75 Å². The molecule has 0 amide bonds. The summed E-state index contributed by atoms with van der Waals surface area (Å²) in [7, 11) is 0. The molecular formula is C32H44N4O6S. The molecule has 0 aliphatic carbocycles. The molecule has 0 bridgehead atoms. The largest absolute Gasteiger partial charge is 0.426 e. The minimum absolute atomic E-state index is 0.269. The van der Waals surface area contributed by atoms with Crippen LogP contribution < -0.4 is 15.4 Å². The van der Waals surface area contributed by atoms with Crippen molar-refractivity contribution in [2.24, 2.45) is 0 Å². The van der Waals surface area contributed by atoms with Gasteiger partial charge in [-0.05, 0) is 54.8 Å². The highest BCUT2D eigenvalue weighted by atomic mass is 32.2. The van der Waals surface area contributed by atoms with Gasteiger partial charge in [0.05, 0.1) is 44.8 Å². The zero-order valence-corrected chi connectivity index (χ0v) is 25.7. The third-order valence-electron chi connectivity index (χ3n) is 7.02. The SMILES string of the molecule is CC(=O)Oc1ccc(C(O)CNCCCCCCOCCOCc2cccc(NCc3cn4c(n3)SCC4)c2)cc1CO. The normalized spacial score (nSPS) is 13.2. The van der Waals surface area contributed by atoms with E-state index in [-0.39, 0.29) is 6.61 Å². The first-order valence-corrected chi connectivity index (χ1v) is 16.0. The number of hydrogen-bond donors (Lipinski definition) is 4. The minimum Gasteiger partial charge on any atom is -0.426 e. The van der Waals surface area contributed by atoms with Crippen LogP contribution in [0.4, 0.5) is 5.69 Å². The summed E-state index contributed by atoms with van der Waals surface area (Å²) >= 11 is 1.81. The van der Waals surface area contributed by atoms with Crippen molar-refractivity contribution >= 4 is 23.4 Å². The number of esters is 1. The molecule has 234 valence electrons. The molecule has 1 aliphatic rings. The van der Waals surface area contributed by atoms with Crippen LogP contribution >= 0.6 is 11.8 Å². The summed E-state index contributed by atoms with van der Waals surface area (Å²) in [4.78, 5) is 15.8. The van der Waals surface area contributed by atoms with E-state index >= 15 is 0 Å². The predicted molar refractivity (Wildman–Crippen MR) is 167 cm³/mol. The number of hydrogen-bond acceptors (Lipinski definition) is 10. The number of aryl methyl sites for hydroxylation is 1. The van der Waals surface area contributed by atoms with Gasteiger partial charge in [0.15, 0.2) is 5.16 Å². The summed E-state index contributed by atoms with van der Waals surface area (Å²) in [6, 6.07) is 13.3. The van der Waals surface area contributed by atoms with E-state index in [1.165, 1.54) is 6.92 Å². The molecular weight excluding hydrogens is 568 g/mol. The van der Waals surface area contributed by atoms with E-state index in [9.17, 15) is 15.0 Å². The Morgan fingerprint density at radius 2 is 1.95 bits per heavy atom. The Hall–Kier alpha value is -2.93. The predicted octanol–water partition coefficient (Wildman–Crippen LogP) is 4.44. The maximum absolute atomic E-state index is 11.2. The molecule has 2 heterocycles. The van der Waals surface area contributed by atoms with Crippen LogP contribution in [0.3, 0.4) is 0 Å². The van der Waals surface area contributed by atoms with E-state index in [0.717, 1.165) is 73.2 Å². The molecule has 0 saturated carbocycles. The van der Waals surface area contributed by atoms with Gasteiger partial charge in [-0.25, -0.2) is 4.98 Å². The average molecular weight is 613 g/mol. The molecule has 3 aromatic rings. The molecule has 1 atom stereocenters. The second kappa shape index (κ2) is 18.0. The van der Waals surface area contributed by atoms with Crippen LogP contribution in [0.2, 0.25) is 0 Å². The number of aromatic nitrogens is 2. The van der Waals surface area contributed by atoms with Crippen LogP contribution in [0.25, 0.3) is 0 Å². The number of carbonyl (C=O) groups is 1. The van der Waals surface area contributed by atoms with Crippen LogP contribution in [-0.2, 0) is 40.6 Å². The number of imidazole rings is 1. The quantitative estimate of drug-likeness (QED) is 0.0827. The fourth-order valence-corrected chi connectivity index (χ4v) is 5.73. The molecule has 43 heavy (non-hydrogen) atoms. The van der Waals surface area contributed by atoms with E-state index in [1.807, 2.05) is 17.8 Å². The number of anilines is 1. The highest BCUT2D eigenvalue weighted by Gasteiger charge is 2.14. The Morgan fingerprint density at radius 1 is 1.09 bits per heavy atom. The second-order valence-electron chi connectivity index (χ2n) is 10.5. The van der Waals surface area contributed by atoms with Crippen LogP contribution in [-0.4, -0.2) is 64.4 Å².